The molecular formula is C19H20N4O. The number of para-hydroxylation sites is 2. The van der Waals surface area contributed by atoms with Crippen LogP contribution in [-0.2, 0) is 24.2 Å². The van der Waals surface area contributed by atoms with Crippen LogP contribution in [0.2, 0.25) is 0 Å². The Morgan fingerprint density at radius 1 is 1.29 bits per heavy atom. The second-order valence-corrected chi connectivity index (χ2v) is 6.34. The standard InChI is InChI=1S/C19H20N4O/c1-13(23-12-22-17-6-2-3-8-18(17)23)19(24)21-11-14-9-15-5-4-7-16(15)20-10-14/h2-3,6,8-10,12-13H,4-5,7,11H2,1H3,(H,21,24). The van der Waals surface area contributed by atoms with E-state index in [2.05, 4.69) is 21.4 Å². The molecule has 5 heteroatoms. The number of hydrogen-bond acceptors (Lipinski definition) is 3. The maximum Gasteiger partial charge on any atom is 0.243 e. The van der Waals surface area contributed by atoms with Crippen molar-refractivity contribution in [1.29, 1.82) is 0 Å². The van der Waals surface area contributed by atoms with Crippen molar-refractivity contribution in [3.8, 4) is 0 Å². The van der Waals surface area contributed by atoms with Crippen LogP contribution in [0, 0.1) is 0 Å². The molecule has 0 saturated carbocycles. The van der Waals surface area contributed by atoms with Crippen LogP contribution in [0.25, 0.3) is 11.0 Å². The van der Waals surface area contributed by atoms with Crippen LogP contribution in [0.3, 0.4) is 0 Å². The molecule has 2 heterocycles. The summed E-state index contributed by atoms with van der Waals surface area (Å²) in [6, 6.07) is 9.71. The number of fused-ring (bicyclic) bond motifs is 2. The molecule has 5 nitrogen and oxygen atoms in total. The summed E-state index contributed by atoms with van der Waals surface area (Å²) in [5, 5.41) is 3.02. The van der Waals surface area contributed by atoms with Crippen molar-refractivity contribution in [1.82, 2.24) is 19.9 Å². The number of carbonyl (C=O) groups is 1. The lowest BCUT2D eigenvalue weighted by molar-refractivity contribution is -0.123. The van der Waals surface area contributed by atoms with Crippen LogP contribution in [0.15, 0.2) is 42.9 Å². The fourth-order valence-electron chi connectivity index (χ4n) is 3.32. The molecule has 0 spiro atoms. The van der Waals surface area contributed by atoms with E-state index in [1.165, 1.54) is 17.7 Å². The van der Waals surface area contributed by atoms with Gasteiger partial charge in [-0.1, -0.05) is 18.2 Å². The van der Waals surface area contributed by atoms with Gasteiger partial charge in [0, 0.05) is 18.4 Å². The van der Waals surface area contributed by atoms with E-state index in [-0.39, 0.29) is 11.9 Å². The highest BCUT2D eigenvalue weighted by Crippen LogP contribution is 2.21. The number of pyridine rings is 1. The summed E-state index contributed by atoms with van der Waals surface area (Å²) in [5.41, 5.74) is 5.48. The van der Waals surface area contributed by atoms with Gasteiger partial charge in [0.1, 0.15) is 6.04 Å². The van der Waals surface area contributed by atoms with E-state index >= 15 is 0 Å². The second kappa shape index (κ2) is 6.07. The molecule has 1 aliphatic carbocycles. The van der Waals surface area contributed by atoms with E-state index in [1.54, 1.807) is 6.33 Å². The molecule has 2 aromatic heterocycles. The van der Waals surface area contributed by atoms with E-state index < -0.39 is 0 Å². The Hall–Kier alpha value is -2.69. The van der Waals surface area contributed by atoms with Gasteiger partial charge >= 0.3 is 0 Å². The van der Waals surface area contributed by atoms with E-state index in [4.69, 9.17) is 0 Å². The third-order valence-corrected chi connectivity index (χ3v) is 4.72. The number of aromatic nitrogens is 3. The number of nitrogens with zero attached hydrogens (tertiary/aromatic N) is 3. The summed E-state index contributed by atoms with van der Waals surface area (Å²) in [6.07, 6.45) is 6.96. The zero-order valence-corrected chi connectivity index (χ0v) is 13.7. The number of benzene rings is 1. The lowest BCUT2D eigenvalue weighted by Gasteiger charge is -2.15. The molecule has 0 saturated heterocycles. The molecular weight excluding hydrogens is 300 g/mol. The van der Waals surface area contributed by atoms with Gasteiger partial charge in [0.2, 0.25) is 5.91 Å². The predicted molar refractivity (Wildman–Crippen MR) is 92.6 cm³/mol. The summed E-state index contributed by atoms with van der Waals surface area (Å²) in [6.45, 7) is 2.40. The maximum atomic E-state index is 12.5. The van der Waals surface area contributed by atoms with Gasteiger partial charge in [-0.2, -0.15) is 0 Å². The lowest BCUT2D eigenvalue weighted by atomic mass is 10.1. The van der Waals surface area contributed by atoms with Crippen molar-refractivity contribution in [2.24, 2.45) is 0 Å². The molecule has 0 radical (unpaired) electrons. The third kappa shape index (κ3) is 2.66. The van der Waals surface area contributed by atoms with E-state index in [9.17, 15) is 4.79 Å². The quantitative estimate of drug-likeness (QED) is 0.804. The van der Waals surface area contributed by atoms with Crippen molar-refractivity contribution in [2.75, 3.05) is 0 Å². The van der Waals surface area contributed by atoms with Crippen molar-refractivity contribution < 1.29 is 4.79 Å². The Balaban J connectivity index is 1.46. The van der Waals surface area contributed by atoms with Crippen LogP contribution in [0.4, 0.5) is 0 Å². The van der Waals surface area contributed by atoms with Gasteiger partial charge in [-0.05, 0) is 49.4 Å². The zero-order chi connectivity index (χ0) is 16.5. The first-order chi connectivity index (χ1) is 11.7. The molecule has 1 N–H and O–H groups in total. The minimum atomic E-state index is -0.306. The predicted octanol–water partition coefficient (Wildman–Crippen LogP) is 2.80. The van der Waals surface area contributed by atoms with Gasteiger partial charge in [-0.25, -0.2) is 4.98 Å². The number of imidazole rings is 1. The van der Waals surface area contributed by atoms with Crippen molar-refractivity contribution in [3.63, 3.8) is 0 Å². The topological polar surface area (TPSA) is 59.8 Å². The molecule has 0 fully saturated rings. The Bertz CT molecular complexity index is 899. The van der Waals surface area contributed by atoms with Crippen LogP contribution in [0.5, 0.6) is 0 Å². The van der Waals surface area contributed by atoms with Crippen molar-refractivity contribution in [3.05, 3.63) is 59.7 Å². The molecule has 1 atom stereocenters. The smallest absolute Gasteiger partial charge is 0.243 e. The van der Waals surface area contributed by atoms with Crippen molar-refractivity contribution in [2.45, 2.75) is 38.8 Å². The summed E-state index contributed by atoms with van der Waals surface area (Å²) in [7, 11) is 0. The van der Waals surface area contributed by atoms with Gasteiger partial charge in [0.25, 0.3) is 0 Å². The monoisotopic (exact) mass is 320 g/mol. The summed E-state index contributed by atoms with van der Waals surface area (Å²) in [5.74, 6) is -0.0151. The Kier molecular flexibility index (Phi) is 3.76. The first-order valence-electron chi connectivity index (χ1n) is 8.38. The molecule has 1 aliphatic rings. The summed E-state index contributed by atoms with van der Waals surface area (Å²) >= 11 is 0. The number of hydrogen-bond donors (Lipinski definition) is 1. The minimum absolute atomic E-state index is 0.0151. The van der Waals surface area contributed by atoms with Crippen LogP contribution in [0.1, 0.15) is 36.2 Å². The normalized spacial score (nSPS) is 14.5. The first-order valence-corrected chi connectivity index (χ1v) is 8.38. The molecule has 4 rings (SSSR count). The fourth-order valence-corrected chi connectivity index (χ4v) is 3.32. The third-order valence-electron chi connectivity index (χ3n) is 4.72. The number of rotatable bonds is 4. The summed E-state index contributed by atoms with van der Waals surface area (Å²) in [4.78, 5) is 21.4. The lowest BCUT2D eigenvalue weighted by Crippen LogP contribution is -2.30. The number of aryl methyl sites for hydroxylation is 2. The molecule has 1 amide bonds. The Morgan fingerprint density at radius 3 is 3.08 bits per heavy atom. The number of nitrogens with one attached hydrogen (secondary N) is 1. The van der Waals surface area contributed by atoms with E-state index in [0.717, 1.165) is 29.4 Å². The van der Waals surface area contributed by atoms with Gasteiger partial charge in [-0.3, -0.25) is 9.78 Å². The Morgan fingerprint density at radius 2 is 2.17 bits per heavy atom. The minimum Gasteiger partial charge on any atom is -0.350 e. The fraction of sp³-hybridized carbons (Fsp3) is 0.316. The van der Waals surface area contributed by atoms with Crippen LogP contribution < -0.4 is 5.32 Å². The van der Waals surface area contributed by atoms with Crippen LogP contribution >= 0.6 is 0 Å². The molecule has 1 aromatic carbocycles. The van der Waals surface area contributed by atoms with Gasteiger partial charge in [-0.15, -0.1) is 0 Å². The highest BCUT2D eigenvalue weighted by Gasteiger charge is 2.17. The molecule has 122 valence electrons. The van der Waals surface area contributed by atoms with Gasteiger partial charge < -0.3 is 9.88 Å². The molecule has 3 aromatic rings. The zero-order valence-electron chi connectivity index (χ0n) is 13.7. The second-order valence-electron chi connectivity index (χ2n) is 6.34. The molecule has 0 aliphatic heterocycles. The first kappa shape index (κ1) is 14.9. The SMILES string of the molecule is CC(C(=O)NCc1cnc2c(c1)CCC2)n1cnc2ccccc21. The average Bonchev–Trinajstić information content (AvgIpc) is 3.25. The average molecular weight is 320 g/mol. The largest absolute Gasteiger partial charge is 0.350 e. The number of amides is 1. The van der Waals surface area contributed by atoms with Gasteiger partial charge in [0.05, 0.1) is 17.4 Å². The number of carbonyl (C=O) groups excluding carboxylic acids is 1. The molecule has 24 heavy (non-hydrogen) atoms. The highest BCUT2D eigenvalue weighted by atomic mass is 16.2. The van der Waals surface area contributed by atoms with Gasteiger partial charge in [0.15, 0.2) is 0 Å². The Labute approximate surface area is 140 Å². The maximum absolute atomic E-state index is 12.5. The van der Waals surface area contributed by atoms with E-state index in [1.807, 2.05) is 42.0 Å². The van der Waals surface area contributed by atoms with Crippen molar-refractivity contribution >= 4 is 16.9 Å². The van der Waals surface area contributed by atoms with E-state index in [0.29, 0.717) is 6.54 Å². The molecule has 0 bridgehead atoms. The van der Waals surface area contributed by atoms with Crippen LogP contribution in [-0.4, -0.2) is 20.4 Å². The summed E-state index contributed by atoms with van der Waals surface area (Å²) < 4.78 is 1.91. The molecule has 1 unspecified atom stereocenters. The highest BCUT2D eigenvalue weighted by molar-refractivity contribution is 5.83.